The Kier molecular flexibility index (Phi) is 7.51. The number of aromatic nitrogens is 2. The maximum absolute atomic E-state index is 4.67. The first kappa shape index (κ1) is 19.0. The second-order valence-corrected chi connectivity index (χ2v) is 6.56. The van der Waals surface area contributed by atoms with Gasteiger partial charge >= 0.3 is 0 Å². The number of rotatable bonds is 8. The van der Waals surface area contributed by atoms with E-state index in [1.54, 1.807) is 0 Å². The lowest BCUT2D eigenvalue weighted by molar-refractivity contribution is 0.775. The van der Waals surface area contributed by atoms with E-state index < -0.39 is 0 Å². The number of H-pyrrole nitrogens is 1. The fourth-order valence-electron chi connectivity index (χ4n) is 2.97. The highest BCUT2D eigenvalue weighted by Crippen LogP contribution is 2.09. The monoisotopic (exact) mass is 341 g/mol. The molecule has 0 amide bonds. The van der Waals surface area contributed by atoms with Crippen LogP contribution in [0.4, 0.5) is 0 Å². The van der Waals surface area contributed by atoms with Crippen LogP contribution in [0.25, 0.3) is 0 Å². The number of benzene rings is 1. The van der Waals surface area contributed by atoms with Crippen LogP contribution in [0.1, 0.15) is 41.3 Å². The van der Waals surface area contributed by atoms with E-state index in [1.165, 1.54) is 22.3 Å². The Balaban J connectivity index is 1.77. The summed E-state index contributed by atoms with van der Waals surface area (Å²) < 4.78 is 0. The molecule has 0 saturated heterocycles. The van der Waals surface area contributed by atoms with E-state index in [9.17, 15) is 0 Å². The Morgan fingerprint density at radius 3 is 2.48 bits per heavy atom. The van der Waals surface area contributed by atoms with Crippen molar-refractivity contribution >= 4 is 5.96 Å². The van der Waals surface area contributed by atoms with Crippen LogP contribution in [0.2, 0.25) is 0 Å². The SMILES string of the molecule is CCNC(=NCCCc1cn[nH]c1C)NCCc1cc(C)cc(C)c1. The van der Waals surface area contributed by atoms with Crippen LogP contribution in [0.3, 0.4) is 0 Å². The molecular formula is C20H31N5. The van der Waals surface area contributed by atoms with Crippen molar-refractivity contribution in [3.8, 4) is 0 Å². The molecule has 1 aromatic carbocycles. The Labute approximate surface area is 151 Å². The third-order valence-electron chi connectivity index (χ3n) is 4.14. The Bertz CT molecular complexity index is 667. The van der Waals surface area contributed by atoms with Gasteiger partial charge in [0.2, 0.25) is 0 Å². The minimum absolute atomic E-state index is 0.809. The second kappa shape index (κ2) is 9.87. The van der Waals surface area contributed by atoms with Crippen LogP contribution in [-0.4, -0.2) is 35.8 Å². The number of nitrogens with one attached hydrogen (secondary N) is 3. The number of aryl methyl sites for hydroxylation is 4. The van der Waals surface area contributed by atoms with E-state index in [2.05, 4.69) is 71.7 Å². The predicted molar refractivity (Wildman–Crippen MR) is 105 cm³/mol. The van der Waals surface area contributed by atoms with Gasteiger partial charge in [0.1, 0.15) is 0 Å². The minimum Gasteiger partial charge on any atom is -0.357 e. The average Bonchev–Trinajstić information content (AvgIpc) is 2.95. The van der Waals surface area contributed by atoms with Crippen molar-refractivity contribution in [2.24, 2.45) is 4.99 Å². The van der Waals surface area contributed by atoms with Crippen molar-refractivity contribution < 1.29 is 0 Å². The molecule has 2 rings (SSSR count). The molecule has 0 radical (unpaired) electrons. The van der Waals surface area contributed by atoms with Crippen molar-refractivity contribution in [1.29, 1.82) is 0 Å². The molecular weight excluding hydrogens is 310 g/mol. The van der Waals surface area contributed by atoms with Crippen LogP contribution < -0.4 is 10.6 Å². The Morgan fingerprint density at radius 1 is 1.08 bits per heavy atom. The molecule has 2 aromatic rings. The zero-order chi connectivity index (χ0) is 18.1. The van der Waals surface area contributed by atoms with Crippen LogP contribution >= 0.6 is 0 Å². The van der Waals surface area contributed by atoms with E-state index in [4.69, 9.17) is 0 Å². The summed E-state index contributed by atoms with van der Waals surface area (Å²) in [6.07, 6.45) is 4.94. The van der Waals surface area contributed by atoms with E-state index in [0.717, 1.165) is 50.6 Å². The van der Waals surface area contributed by atoms with Crippen molar-refractivity contribution in [3.63, 3.8) is 0 Å². The second-order valence-electron chi connectivity index (χ2n) is 6.56. The zero-order valence-electron chi connectivity index (χ0n) is 15.9. The quantitative estimate of drug-likeness (QED) is 0.393. The molecule has 1 heterocycles. The number of hydrogen-bond donors (Lipinski definition) is 3. The molecule has 3 N–H and O–H groups in total. The molecule has 0 bridgehead atoms. The van der Waals surface area contributed by atoms with Gasteiger partial charge in [-0.05, 0) is 58.1 Å². The van der Waals surface area contributed by atoms with E-state index >= 15 is 0 Å². The Morgan fingerprint density at radius 2 is 1.84 bits per heavy atom. The molecule has 0 unspecified atom stereocenters. The molecule has 5 nitrogen and oxygen atoms in total. The van der Waals surface area contributed by atoms with Gasteiger partial charge in [-0.1, -0.05) is 29.3 Å². The highest BCUT2D eigenvalue weighted by molar-refractivity contribution is 5.79. The number of aromatic amines is 1. The Hall–Kier alpha value is -2.30. The van der Waals surface area contributed by atoms with Gasteiger partial charge in [-0.2, -0.15) is 5.10 Å². The third kappa shape index (κ3) is 6.61. The van der Waals surface area contributed by atoms with Crippen molar-refractivity contribution in [1.82, 2.24) is 20.8 Å². The summed E-state index contributed by atoms with van der Waals surface area (Å²) in [5, 5.41) is 13.8. The van der Waals surface area contributed by atoms with Crippen LogP contribution in [0.15, 0.2) is 29.4 Å². The molecule has 1 aromatic heterocycles. The van der Waals surface area contributed by atoms with Gasteiger partial charge in [0.15, 0.2) is 5.96 Å². The van der Waals surface area contributed by atoms with Crippen LogP contribution in [0.5, 0.6) is 0 Å². The molecule has 136 valence electrons. The maximum Gasteiger partial charge on any atom is 0.191 e. The first-order valence-corrected chi connectivity index (χ1v) is 9.16. The number of nitrogens with zero attached hydrogens (tertiary/aromatic N) is 2. The first-order chi connectivity index (χ1) is 12.1. The summed E-state index contributed by atoms with van der Waals surface area (Å²) in [6.45, 7) is 11.0. The summed E-state index contributed by atoms with van der Waals surface area (Å²) in [7, 11) is 0. The van der Waals surface area contributed by atoms with Gasteiger partial charge in [-0.3, -0.25) is 10.1 Å². The number of hydrogen-bond acceptors (Lipinski definition) is 2. The smallest absolute Gasteiger partial charge is 0.191 e. The van der Waals surface area contributed by atoms with Gasteiger partial charge < -0.3 is 10.6 Å². The molecule has 5 heteroatoms. The third-order valence-corrected chi connectivity index (χ3v) is 4.14. The van der Waals surface area contributed by atoms with Crippen molar-refractivity contribution in [2.45, 2.75) is 47.0 Å². The summed E-state index contributed by atoms with van der Waals surface area (Å²) in [4.78, 5) is 4.67. The predicted octanol–water partition coefficient (Wildman–Crippen LogP) is 3.07. The molecule has 0 spiro atoms. The highest BCUT2D eigenvalue weighted by atomic mass is 15.2. The van der Waals surface area contributed by atoms with Gasteiger partial charge in [0, 0.05) is 25.3 Å². The van der Waals surface area contributed by atoms with Crippen LogP contribution in [0, 0.1) is 20.8 Å². The lowest BCUT2D eigenvalue weighted by Crippen LogP contribution is -2.38. The van der Waals surface area contributed by atoms with Crippen molar-refractivity contribution in [2.75, 3.05) is 19.6 Å². The molecule has 0 fully saturated rings. The number of aliphatic imine (C=N–C) groups is 1. The molecule has 0 aliphatic heterocycles. The van der Waals surface area contributed by atoms with E-state index in [0.29, 0.717) is 0 Å². The fourth-order valence-corrected chi connectivity index (χ4v) is 2.97. The van der Waals surface area contributed by atoms with Crippen LogP contribution in [-0.2, 0) is 12.8 Å². The minimum atomic E-state index is 0.809. The molecule has 0 saturated carbocycles. The standard InChI is InChI=1S/C20H31N5/c1-5-21-20(22-9-6-7-19-14-24-25-17(19)4)23-10-8-18-12-15(2)11-16(3)13-18/h11-14H,5-10H2,1-4H3,(H,24,25)(H2,21,22,23). The van der Waals surface area contributed by atoms with Gasteiger partial charge in [0.25, 0.3) is 0 Å². The fraction of sp³-hybridized carbons (Fsp3) is 0.500. The largest absolute Gasteiger partial charge is 0.357 e. The normalized spacial score (nSPS) is 11.6. The summed E-state index contributed by atoms with van der Waals surface area (Å²) in [5.41, 5.74) is 6.46. The average molecular weight is 342 g/mol. The molecule has 0 atom stereocenters. The lowest BCUT2D eigenvalue weighted by Gasteiger charge is -2.12. The molecule has 0 aliphatic carbocycles. The van der Waals surface area contributed by atoms with Gasteiger partial charge in [-0.25, -0.2) is 0 Å². The zero-order valence-corrected chi connectivity index (χ0v) is 15.9. The lowest BCUT2D eigenvalue weighted by atomic mass is 10.1. The number of guanidine groups is 1. The highest BCUT2D eigenvalue weighted by Gasteiger charge is 2.01. The topological polar surface area (TPSA) is 65.1 Å². The summed E-state index contributed by atoms with van der Waals surface area (Å²) >= 11 is 0. The van der Waals surface area contributed by atoms with Crippen molar-refractivity contribution in [3.05, 3.63) is 52.3 Å². The van der Waals surface area contributed by atoms with E-state index in [-0.39, 0.29) is 0 Å². The van der Waals surface area contributed by atoms with E-state index in [1.807, 2.05) is 6.20 Å². The first-order valence-electron chi connectivity index (χ1n) is 9.16. The summed E-state index contributed by atoms with van der Waals surface area (Å²) in [5.74, 6) is 0.899. The molecule has 25 heavy (non-hydrogen) atoms. The maximum atomic E-state index is 4.67. The van der Waals surface area contributed by atoms with Gasteiger partial charge in [0.05, 0.1) is 6.20 Å². The molecule has 0 aliphatic rings. The summed E-state index contributed by atoms with van der Waals surface area (Å²) in [6, 6.07) is 6.72. The van der Waals surface area contributed by atoms with Gasteiger partial charge in [-0.15, -0.1) is 0 Å².